The molecule has 0 bridgehead atoms. The molecule has 0 aliphatic heterocycles. The van der Waals surface area contributed by atoms with Crippen LogP contribution in [0.3, 0.4) is 0 Å². The van der Waals surface area contributed by atoms with Crippen LogP contribution in [0.15, 0.2) is 71.9 Å². The molecule has 1 N–H and O–H groups in total. The van der Waals surface area contributed by atoms with Crippen LogP contribution in [0.25, 0.3) is 16.9 Å². The van der Waals surface area contributed by atoms with Gasteiger partial charge in [0.05, 0.1) is 10.4 Å². The molecule has 0 radical (unpaired) electrons. The second-order valence-electron chi connectivity index (χ2n) is 6.39. The summed E-state index contributed by atoms with van der Waals surface area (Å²) in [6, 6.07) is 16.1. The van der Waals surface area contributed by atoms with Gasteiger partial charge in [-0.1, -0.05) is 29.3 Å². The minimum Gasteiger partial charge on any atom is -0.264 e. The Labute approximate surface area is 157 Å². The van der Waals surface area contributed by atoms with Gasteiger partial charge in [-0.05, 0) is 50.2 Å². The molecule has 27 heavy (non-hydrogen) atoms. The highest BCUT2D eigenvalue weighted by Crippen LogP contribution is 2.29. The van der Waals surface area contributed by atoms with Gasteiger partial charge >= 0.3 is 0 Å². The molecule has 6 nitrogen and oxygen atoms in total. The second-order valence-corrected chi connectivity index (χ2v) is 8.08. The number of sulfonamides is 1. The zero-order chi connectivity index (χ0) is 19.0. The van der Waals surface area contributed by atoms with E-state index in [1.807, 2.05) is 32.0 Å². The molecule has 0 atom stereocenters. The van der Waals surface area contributed by atoms with Crippen LogP contribution in [0.2, 0.25) is 0 Å². The summed E-state index contributed by atoms with van der Waals surface area (Å²) in [5.74, 6) is 0.792. The molecule has 0 saturated carbocycles. The van der Waals surface area contributed by atoms with E-state index in [4.69, 9.17) is 0 Å². The first-order valence-electron chi connectivity index (χ1n) is 8.43. The second kappa shape index (κ2) is 6.51. The van der Waals surface area contributed by atoms with Crippen LogP contribution in [0.1, 0.15) is 11.1 Å². The van der Waals surface area contributed by atoms with Crippen LogP contribution in [0.5, 0.6) is 0 Å². The van der Waals surface area contributed by atoms with Crippen LogP contribution >= 0.6 is 0 Å². The van der Waals surface area contributed by atoms with E-state index in [0.717, 1.165) is 22.0 Å². The molecule has 0 aliphatic rings. The molecule has 0 fully saturated rings. The lowest BCUT2D eigenvalue weighted by molar-refractivity contribution is 0.601. The van der Waals surface area contributed by atoms with Crippen molar-refractivity contribution in [2.75, 3.05) is 4.72 Å². The van der Waals surface area contributed by atoms with Crippen LogP contribution in [-0.4, -0.2) is 23.0 Å². The highest BCUT2D eigenvalue weighted by molar-refractivity contribution is 7.92. The molecule has 0 aliphatic carbocycles. The van der Waals surface area contributed by atoms with Gasteiger partial charge in [-0.25, -0.2) is 18.4 Å². The molecule has 0 saturated heterocycles. The lowest BCUT2D eigenvalue weighted by Crippen LogP contribution is -2.16. The number of fused-ring (bicyclic) bond motifs is 1. The third-order valence-electron chi connectivity index (χ3n) is 4.28. The molecule has 7 heteroatoms. The Hall–Kier alpha value is -3.19. The largest absolute Gasteiger partial charge is 0.264 e. The Morgan fingerprint density at radius 1 is 0.889 bits per heavy atom. The first-order chi connectivity index (χ1) is 12.9. The van der Waals surface area contributed by atoms with Crippen molar-refractivity contribution in [2.45, 2.75) is 18.7 Å². The average Bonchev–Trinajstić information content (AvgIpc) is 2.98. The van der Waals surface area contributed by atoms with E-state index in [1.54, 1.807) is 53.4 Å². The van der Waals surface area contributed by atoms with E-state index in [1.165, 1.54) is 0 Å². The number of rotatable bonds is 4. The maximum Gasteiger partial charge on any atom is 0.263 e. The molecular formula is C20H18N4O2S. The van der Waals surface area contributed by atoms with Crippen molar-refractivity contribution in [1.29, 1.82) is 0 Å². The third-order valence-corrected chi connectivity index (χ3v) is 5.65. The van der Waals surface area contributed by atoms with Crippen molar-refractivity contribution < 1.29 is 8.42 Å². The Morgan fingerprint density at radius 3 is 2.26 bits per heavy atom. The molecule has 4 rings (SSSR count). The van der Waals surface area contributed by atoms with E-state index in [0.29, 0.717) is 11.8 Å². The molecule has 2 aromatic carbocycles. The fraction of sp³-hybridized carbons (Fsp3) is 0.100. The number of hydrogen-bond donors (Lipinski definition) is 1. The van der Waals surface area contributed by atoms with Gasteiger partial charge in [-0.2, -0.15) is 0 Å². The Balaban J connectivity index is 1.87. The summed E-state index contributed by atoms with van der Waals surface area (Å²) < 4.78 is 30.1. The maximum absolute atomic E-state index is 12.9. The molecule has 2 heterocycles. The highest BCUT2D eigenvalue weighted by atomic mass is 32.2. The summed E-state index contributed by atoms with van der Waals surface area (Å²) >= 11 is 0. The minimum absolute atomic E-state index is 0.204. The standard InChI is InChI=1S/C20H18N4O2S/c1-14-4-7-17(8-5-14)27(25,26)23-19-13-16-12-15(2)6-9-18(16)24(19)20-21-10-3-11-22-20/h3-13,23H,1-2H3. The molecule has 0 spiro atoms. The number of benzene rings is 2. The molecule has 2 aromatic heterocycles. The number of aromatic nitrogens is 3. The van der Waals surface area contributed by atoms with Gasteiger partial charge in [0.15, 0.2) is 0 Å². The third kappa shape index (κ3) is 3.29. The molecule has 136 valence electrons. The maximum atomic E-state index is 12.9. The number of nitrogens with zero attached hydrogens (tertiary/aromatic N) is 3. The average molecular weight is 378 g/mol. The Kier molecular flexibility index (Phi) is 4.16. The summed E-state index contributed by atoms with van der Waals surface area (Å²) in [6.07, 6.45) is 3.25. The van der Waals surface area contributed by atoms with E-state index in [-0.39, 0.29) is 4.90 Å². The van der Waals surface area contributed by atoms with Gasteiger partial charge in [-0.3, -0.25) is 9.29 Å². The van der Waals surface area contributed by atoms with Crippen molar-refractivity contribution in [3.63, 3.8) is 0 Å². The minimum atomic E-state index is -3.74. The smallest absolute Gasteiger partial charge is 0.263 e. The lowest BCUT2D eigenvalue weighted by atomic mass is 10.2. The van der Waals surface area contributed by atoms with E-state index in [9.17, 15) is 8.42 Å². The summed E-state index contributed by atoms with van der Waals surface area (Å²) in [7, 11) is -3.74. The topological polar surface area (TPSA) is 76.9 Å². The van der Waals surface area contributed by atoms with Crippen LogP contribution in [0.4, 0.5) is 5.82 Å². The Bertz CT molecular complexity index is 1210. The number of aryl methyl sites for hydroxylation is 2. The molecule has 0 amide bonds. The highest BCUT2D eigenvalue weighted by Gasteiger charge is 2.19. The molecule has 0 unspecified atom stereocenters. The van der Waals surface area contributed by atoms with Crippen molar-refractivity contribution in [2.24, 2.45) is 0 Å². The van der Waals surface area contributed by atoms with E-state index in [2.05, 4.69) is 14.7 Å². The first kappa shape index (κ1) is 17.2. The van der Waals surface area contributed by atoms with Crippen molar-refractivity contribution in [3.8, 4) is 5.95 Å². The SMILES string of the molecule is Cc1ccc(S(=O)(=O)Nc2cc3cc(C)ccc3n2-c2ncccn2)cc1. The van der Waals surface area contributed by atoms with Crippen LogP contribution < -0.4 is 4.72 Å². The van der Waals surface area contributed by atoms with E-state index < -0.39 is 10.0 Å². The van der Waals surface area contributed by atoms with Gasteiger partial charge in [0.2, 0.25) is 5.95 Å². The Morgan fingerprint density at radius 2 is 1.56 bits per heavy atom. The summed E-state index contributed by atoms with van der Waals surface area (Å²) in [6.45, 7) is 3.91. The van der Waals surface area contributed by atoms with Crippen molar-refractivity contribution in [1.82, 2.24) is 14.5 Å². The summed E-state index contributed by atoms with van der Waals surface area (Å²) in [5.41, 5.74) is 2.91. The fourth-order valence-corrected chi connectivity index (χ4v) is 3.98. The van der Waals surface area contributed by atoms with Crippen molar-refractivity contribution in [3.05, 3.63) is 78.1 Å². The van der Waals surface area contributed by atoms with E-state index >= 15 is 0 Å². The predicted octanol–water partition coefficient (Wildman–Crippen LogP) is 3.84. The fourth-order valence-electron chi connectivity index (χ4n) is 2.95. The lowest BCUT2D eigenvalue weighted by Gasteiger charge is -2.11. The quantitative estimate of drug-likeness (QED) is 0.585. The summed E-state index contributed by atoms with van der Waals surface area (Å²) in [5, 5.41) is 0.907. The van der Waals surface area contributed by atoms with Crippen LogP contribution in [-0.2, 0) is 10.0 Å². The van der Waals surface area contributed by atoms with Gasteiger partial charge in [0.25, 0.3) is 10.0 Å². The number of hydrogen-bond acceptors (Lipinski definition) is 4. The van der Waals surface area contributed by atoms with Crippen molar-refractivity contribution >= 4 is 26.7 Å². The van der Waals surface area contributed by atoms with Gasteiger partial charge < -0.3 is 0 Å². The zero-order valence-electron chi connectivity index (χ0n) is 14.9. The van der Waals surface area contributed by atoms with Crippen LogP contribution in [0, 0.1) is 13.8 Å². The molecule has 4 aromatic rings. The van der Waals surface area contributed by atoms with Gasteiger partial charge in [-0.15, -0.1) is 0 Å². The summed E-state index contributed by atoms with van der Waals surface area (Å²) in [4.78, 5) is 8.78. The normalized spacial score (nSPS) is 11.6. The number of nitrogens with one attached hydrogen (secondary N) is 1. The zero-order valence-corrected chi connectivity index (χ0v) is 15.7. The first-order valence-corrected chi connectivity index (χ1v) is 9.91. The monoisotopic (exact) mass is 378 g/mol. The number of anilines is 1. The van der Waals surface area contributed by atoms with Gasteiger partial charge in [0, 0.05) is 17.8 Å². The predicted molar refractivity (Wildman–Crippen MR) is 106 cm³/mol. The van der Waals surface area contributed by atoms with Gasteiger partial charge in [0.1, 0.15) is 5.82 Å². The molecular weight excluding hydrogens is 360 g/mol.